The summed E-state index contributed by atoms with van der Waals surface area (Å²) in [6, 6.07) is 7.82. The first-order chi connectivity index (χ1) is 9.29. The van der Waals surface area contributed by atoms with Crippen molar-refractivity contribution < 1.29 is 9.53 Å². The number of thioether (sulfide) groups is 1. The maximum Gasteiger partial charge on any atom is 0.232 e. The summed E-state index contributed by atoms with van der Waals surface area (Å²) >= 11 is 1.57. The van der Waals surface area contributed by atoms with E-state index < -0.39 is 0 Å². The number of nitrogens with zero attached hydrogens (tertiary/aromatic N) is 1. The highest BCUT2D eigenvalue weighted by atomic mass is 32.2. The van der Waals surface area contributed by atoms with Crippen LogP contribution in [0.15, 0.2) is 29.2 Å². The molecule has 0 unspecified atom stereocenters. The number of benzene rings is 1. The van der Waals surface area contributed by atoms with E-state index in [1.165, 1.54) is 0 Å². The maximum atomic E-state index is 12.1. The van der Waals surface area contributed by atoms with Gasteiger partial charge in [0, 0.05) is 24.5 Å². The molecule has 0 spiro atoms. The Morgan fingerprint density at radius 1 is 1.42 bits per heavy atom. The lowest BCUT2D eigenvalue weighted by molar-refractivity contribution is -0.128. The summed E-state index contributed by atoms with van der Waals surface area (Å²) in [7, 11) is 1.65. The monoisotopic (exact) mass is 280 g/mol. The summed E-state index contributed by atoms with van der Waals surface area (Å²) in [5.74, 6) is 1.54. The fraction of sp³-hybridized carbons (Fsp3) is 0.500. The zero-order chi connectivity index (χ0) is 13.5. The van der Waals surface area contributed by atoms with E-state index in [4.69, 9.17) is 4.74 Å². The minimum atomic E-state index is 0.219. The molecule has 104 valence electrons. The number of amides is 1. The van der Waals surface area contributed by atoms with Crippen LogP contribution in [-0.2, 0) is 4.79 Å². The van der Waals surface area contributed by atoms with E-state index in [0.717, 1.165) is 43.2 Å². The van der Waals surface area contributed by atoms with Gasteiger partial charge in [-0.15, -0.1) is 11.8 Å². The molecule has 1 N–H and O–H groups in total. The number of hydrogen-bond donors (Lipinski definition) is 1. The van der Waals surface area contributed by atoms with Gasteiger partial charge in [-0.1, -0.05) is 6.07 Å². The highest BCUT2D eigenvalue weighted by Crippen LogP contribution is 2.23. The van der Waals surface area contributed by atoms with Crippen LogP contribution in [0, 0.1) is 0 Å². The molecule has 0 aliphatic carbocycles. The molecule has 0 aromatic heterocycles. The molecule has 0 atom stereocenters. The van der Waals surface area contributed by atoms with Crippen molar-refractivity contribution in [1.29, 1.82) is 0 Å². The van der Waals surface area contributed by atoms with Gasteiger partial charge in [-0.2, -0.15) is 0 Å². The molecule has 1 saturated heterocycles. The van der Waals surface area contributed by atoms with Crippen molar-refractivity contribution in [1.82, 2.24) is 10.2 Å². The van der Waals surface area contributed by atoms with E-state index in [9.17, 15) is 4.79 Å². The molecule has 5 heteroatoms. The molecule has 1 heterocycles. The lowest BCUT2D eigenvalue weighted by Gasteiger charge is -2.19. The van der Waals surface area contributed by atoms with E-state index >= 15 is 0 Å². The van der Waals surface area contributed by atoms with Gasteiger partial charge in [-0.05, 0) is 31.2 Å². The predicted octanol–water partition coefficient (Wildman–Crippen LogP) is 1.61. The standard InChI is InChI=1S/C14H20N2O2S/c1-18-12-4-2-5-13(10-12)19-11-14(17)16-8-3-6-15-7-9-16/h2,4-5,10,15H,3,6-9,11H2,1H3. The molecule has 1 amide bonds. The number of carbonyl (C=O) groups is 1. The zero-order valence-corrected chi connectivity index (χ0v) is 12.0. The lowest BCUT2D eigenvalue weighted by atomic mass is 10.3. The van der Waals surface area contributed by atoms with Gasteiger partial charge in [-0.3, -0.25) is 4.79 Å². The highest BCUT2D eigenvalue weighted by molar-refractivity contribution is 8.00. The van der Waals surface area contributed by atoms with Crippen LogP contribution >= 0.6 is 11.8 Å². The SMILES string of the molecule is COc1cccc(SCC(=O)N2CCCNCC2)c1. The fourth-order valence-electron chi connectivity index (χ4n) is 2.02. The Morgan fingerprint density at radius 2 is 2.32 bits per heavy atom. The minimum Gasteiger partial charge on any atom is -0.497 e. The molecule has 0 saturated carbocycles. The summed E-state index contributed by atoms with van der Waals surface area (Å²) in [5, 5.41) is 3.30. The Bertz CT molecular complexity index is 418. The smallest absolute Gasteiger partial charge is 0.232 e. The topological polar surface area (TPSA) is 41.6 Å². The molecule has 0 bridgehead atoms. The molecule has 1 aromatic carbocycles. The zero-order valence-electron chi connectivity index (χ0n) is 11.2. The van der Waals surface area contributed by atoms with Crippen LogP contribution in [0.5, 0.6) is 5.75 Å². The Balaban J connectivity index is 1.84. The maximum absolute atomic E-state index is 12.1. The Labute approximate surface area is 118 Å². The van der Waals surface area contributed by atoms with Crippen LogP contribution in [0.1, 0.15) is 6.42 Å². The third-order valence-corrected chi connectivity index (χ3v) is 4.07. The van der Waals surface area contributed by atoms with Crippen LogP contribution in [-0.4, -0.2) is 49.8 Å². The highest BCUT2D eigenvalue weighted by Gasteiger charge is 2.15. The third kappa shape index (κ3) is 4.44. The van der Waals surface area contributed by atoms with Gasteiger partial charge in [0.05, 0.1) is 12.9 Å². The van der Waals surface area contributed by atoms with E-state index in [0.29, 0.717) is 5.75 Å². The largest absolute Gasteiger partial charge is 0.497 e. The Hall–Kier alpha value is -1.20. The average molecular weight is 280 g/mol. The van der Waals surface area contributed by atoms with Crippen molar-refractivity contribution in [2.24, 2.45) is 0 Å². The number of hydrogen-bond acceptors (Lipinski definition) is 4. The molecular weight excluding hydrogens is 260 g/mol. The molecule has 1 aliphatic heterocycles. The summed E-state index contributed by atoms with van der Waals surface area (Å²) in [6.45, 7) is 3.59. The number of ether oxygens (including phenoxy) is 1. The van der Waals surface area contributed by atoms with E-state index in [1.54, 1.807) is 18.9 Å². The second kappa shape index (κ2) is 7.40. The molecule has 19 heavy (non-hydrogen) atoms. The van der Waals surface area contributed by atoms with Gasteiger partial charge >= 0.3 is 0 Å². The Kier molecular flexibility index (Phi) is 5.54. The molecule has 4 nitrogen and oxygen atoms in total. The first kappa shape index (κ1) is 14.2. The van der Waals surface area contributed by atoms with Gasteiger partial charge in [0.15, 0.2) is 0 Å². The van der Waals surface area contributed by atoms with Crippen LogP contribution in [0.4, 0.5) is 0 Å². The first-order valence-electron chi connectivity index (χ1n) is 6.55. The van der Waals surface area contributed by atoms with Gasteiger partial charge in [0.1, 0.15) is 5.75 Å². The van der Waals surface area contributed by atoms with E-state index in [2.05, 4.69) is 5.32 Å². The van der Waals surface area contributed by atoms with Gasteiger partial charge in [0.25, 0.3) is 0 Å². The second-order valence-corrected chi connectivity index (χ2v) is 5.50. The third-order valence-electron chi connectivity index (χ3n) is 3.10. The van der Waals surface area contributed by atoms with Gasteiger partial charge in [0.2, 0.25) is 5.91 Å². The van der Waals surface area contributed by atoms with Gasteiger partial charge < -0.3 is 15.0 Å². The molecule has 2 rings (SSSR count). The number of rotatable bonds is 4. The molecular formula is C14H20N2O2S. The van der Waals surface area contributed by atoms with E-state index in [-0.39, 0.29) is 5.91 Å². The van der Waals surface area contributed by atoms with Crippen LogP contribution in [0.25, 0.3) is 0 Å². The molecule has 1 aliphatic rings. The lowest BCUT2D eigenvalue weighted by Crippen LogP contribution is -2.35. The fourth-order valence-corrected chi connectivity index (χ4v) is 2.87. The quantitative estimate of drug-likeness (QED) is 0.851. The van der Waals surface area contributed by atoms with Crippen LogP contribution in [0.3, 0.4) is 0 Å². The summed E-state index contributed by atoms with van der Waals surface area (Å²) in [4.78, 5) is 15.1. The number of methoxy groups -OCH3 is 1. The van der Waals surface area contributed by atoms with Crippen molar-refractivity contribution in [3.05, 3.63) is 24.3 Å². The van der Waals surface area contributed by atoms with Crippen molar-refractivity contribution in [3.8, 4) is 5.75 Å². The van der Waals surface area contributed by atoms with Crippen LogP contribution < -0.4 is 10.1 Å². The summed E-state index contributed by atoms with van der Waals surface area (Å²) in [6.07, 6.45) is 1.04. The average Bonchev–Trinajstić information content (AvgIpc) is 2.74. The summed E-state index contributed by atoms with van der Waals surface area (Å²) < 4.78 is 5.18. The van der Waals surface area contributed by atoms with Crippen molar-refractivity contribution >= 4 is 17.7 Å². The van der Waals surface area contributed by atoms with E-state index in [1.807, 2.05) is 29.2 Å². The van der Waals surface area contributed by atoms with Crippen molar-refractivity contribution in [3.63, 3.8) is 0 Å². The van der Waals surface area contributed by atoms with Crippen molar-refractivity contribution in [2.45, 2.75) is 11.3 Å². The Morgan fingerprint density at radius 3 is 3.16 bits per heavy atom. The summed E-state index contributed by atoms with van der Waals surface area (Å²) in [5.41, 5.74) is 0. The normalized spacial score (nSPS) is 15.9. The molecule has 0 radical (unpaired) electrons. The predicted molar refractivity (Wildman–Crippen MR) is 77.8 cm³/mol. The first-order valence-corrected chi connectivity index (χ1v) is 7.53. The number of carbonyl (C=O) groups excluding carboxylic acids is 1. The van der Waals surface area contributed by atoms with Crippen LogP contribution in [0.2, 0.25) is 0 Å². The van der Waals surface area contributed by atoms with Crippen molar-refractivity contribution in [2.75, 3.05) is 39.0 Å². The molecule has 1 fully saturated rings. The number of nitrogens with one attached hydrogen (secondary N) is 1. The second-order valence-electron chi connectivity index (χ2n) is 4.45. The minimum absolute atomic E-state index is 0.219. The molecule has 1 aromatic rings. The van der Waals surface area contributed by atoms with Gasteiger partial charge in [-0.25, -0.2) is 0 Å².